The summed E-state index contributed by atoms with van der Waals surface area (Å²) in [5, 5.41) is 0. The normalized spacial score (nSPS) is 39.0. The number of allylic oxidation sites excluding steroid dienone is 4. The maximum Gasteiger partial charge on any atom is 0.173 e. The Balaban J connectivity index is 1.23. The van der Waals surface area contributed by atoms with Crippen LogP contribution < -0.4 is 0 Å². The summed E-state index contributed by atoms with van der Waals surface area (Å²) in [7, 11) is -3.01. The highest BCUT2D eigenvalue weighted by Crippen LogP contribution is 2.47. The van der Waals surface area contributed by atoms with Gasteiger partial charge in [0.1, 0.15) is 0 Å². The molecule has 6 unspecified atom stereocenters. The van der Waals surface area contributed by atoms with E-state index in [-0.39, 0.29) is 0 Å². The lowest BCUT2D eigenvalue weighted by Gasteiger charge is -2.36. The van der Waals surface area contributed by atoms with E-state index in [1.807, 2.05) is 0 Å². The van der Waals surface area contributed by atoms with E-state index in [1.165, 1.54) is 50.6 Å². The summed E-state index contributed by atoms with van der Waals surface area (Å²) in [6, 6.07) is 2.75. The van der Waals surface area contributed by atoms with E-state index in [9.17, 15) is 0 Å². The summed E-state index contributed by atoms with van der Waals surface area (Å²) < 4.78 is 6.95. The fourth-order valence-corrected chi connectivity index (χ4v) is 15.3. The van der Waals surface area contributed by atoms with E-state index in [0.29, 0.717) is 0 Å². The van der Waals surface area contributed by atoms with Gasteiger partial charge in [0.2, 0.25) is 0 Å². The molecule has 1 nitrogen and oxygen atoms in total. The molecule has 0 aromatic carbocycles. The van der Waals surface area contributed by atoms with Gasteiger partial charge in [-0.05, 0) is 99.5 Å². The molecule has 0 N–H and O–H groups in total. The minimum atomic E-state index is -1.50. The van der Waals surface area contributed by atoms with Crippen LogP contribution in [0.1, 0.15) is 38.5 Å². The van der Waals surface area contributed by atoms with Crippen molar-refractivity contribution in [1.82, 2.24) is 0 Å². The van der Waals surface area contributed by atoms with Crippen LogP contribution in [0.5, 0.6) is 0 Å². The van der Waals surface area contributed by atoms with Crippen LogP contribution in [-0.4, -0.2) is 16.6 Å². The summed E-state index contributed by atoms with van der Waals surface area (Å²) in [6.07, 6.45) is 18.6. The van der Waals surface area contributed by atoms with Gasteiger partial charge in [0, 0.05) is 0 Å². The Morgan fingerprint density at radius 1 is 0.680 bits per heavy atom. The molecule has 4 aliphatic rings. The molecule has 25 heavy (non-hydrogen) atoms. The molecule has 0 spiro atoms. The van der Waals surface area contributed by atoms with Gasteiger partial charge in [0.25, 0.3) is 0 Å². The first kappa shape index (κ1) is 18.2. The number of hydrogen-bond acceptors (Lipinski definition) is 1. The van der Waals surface area contributed by atoms with Gasteiger partial charge in [-0.1, -0.05) is 37.1 Å². The predicted molar refractivity (Wildman–Crippen MR) is 113 cm³/mol. The van der Waals surface area contributed by atoms with Crippen molar-refractivity contribution in [3.63, 3.8) is 0 Å². The van der Waals surface area contributed by atoms with E-state index < -0.39 is 16.6 Å². The minimum Gasteiger partial charge on any atom is -0.455 e. The Hall–Kier alpha value is -0.126. The lowest BCUT2D eigenvalue weighted by atomic mass is 9.91. The topological polar surface area (TPSA) is 9.23 Å². The average Bonchev–Trinajstić information content (AvgIpc) is 3.30. The molecule has 4 rings (SSSR count). The first-order chi connectivity index (χ1) is 11.8. The van der Waals surface area contributed by atoms with E-state index in [2.05, 4.69) is 50.5 Å². The molecule has 0 saturated heterocycles. The molecule has 0 heterocycles. The standard InChI is InChI=1S/C22H38OSi2/c1-24(2,11-9-21-15-17-5-7-19(21)13-17)23-25(3,4)12-10-22-16-18-6-8-20(22)14-18/h5-8,17-22H,9-16H2,1-4H3. The third-order valence-corrected chi connectivity index (χ3v) is 15.0. The fraction of sp³-hybridized carbons (Fsp3) is 0.818. The van der Waals surface area contributed by atoms with Gasteiger partial charge < -0.3 is 4.12 Å². The highest BCUT2D eigenvalue weighted by molar-refractivity contribution is 6.84. The van der Waals surface area contributed by atoms with Crippen LogP contribution in [0.3, 0.4) is 0 Å². The Labute approximate surface area is 157 Å². The maximum absolute atomic E-state index is 6.95. The summed E-state index contributed by atoms with van der Waals surface area (Å²) in [5.41, 5.74) is 0. The molecule has 0 aromatic rings. The Morgan fingerprint density at radius 3 is 1.44 bits per heavy atom. The summed E-state index contributed by atoms with van der Waals surface area (Å²) in [4.78, 5) is 0. The van der Waals surface area contributed by atoms with Crippen molar-refractivity contribution in [1.29, 1.82) is 0 Å². The molecular formula is C22H38OSi2. The van der Waals surface area contributed by atoms with Crippen LogP contribution in [-0.2, 0) is 4.12 Å². The Kier molecular flexibility index (Phi) is 4.96. The van der Waals surface area contributed by atoms with Crippen LogP contribution >= 0.6 is 0 Å². The lowest BCUT2D eigenvalue weighted by molar-refractivity contribution is 0.412. The maximum atomic E-state index is 6.95. The van der Waals surface area contributed by atoms with Crippen molar-refractivity contribution in [3.8, 4) is 0 Å². The van der Waals surface area contributed by atoms with Crippen LogP contribution in [0, 0.1) is 35.5 Å². The highest BCUT2D eigenvalue weighted by atomic mass is 28.4. The van der Waals surface area contributed by atoms with Gasteiger partial charge in [0.15, 0.2) is 16.6 Å². The molecule has 0 radical (unpaired) electrons. The van der Waals surface area contributed by atoms with Crippen molar-refractivity contribution < 1.29 is 4.12 Å². The first-order valence-corrected chi connectivity index (χ1v) is 17.1. The number of rotatable bonds is 8. The van der Waals surface area contributed by atoms with Crippen molar-refractivity contribution in [2.75, 3.05) is 0 Å². The molecule has 4 aliphatic carbocycles. The second-order valence-electron chi connectivity index (χ2n) is 10.8. The second kappa shape index (κ2) is 6.80. The van der Waals surface area contributed by atoms with E-state index in [0.717, 1.165) is 35.5 Å². The van der Waals surface area contributed by atoms with Crippen molar-refractivity contribution in [2.24, 2.45) is 35.5 Å². The minimum absolute atomic E-state index is 0.908. The van der Waals surface area contributed by atoms with Crippen LogP contribution in [0.15, 0.2) is 24.3 Å². The van der Waals surface area contributed by atoms with Gasteiger partial charge in [-0.2, -0.15) is 0 Å². The molecule has 0 amide bonds. The molecule has 6 atom stereocenters. The SMILES string of the molecule is C[Si](C)(CCC1CC2C=CC1C2)O[Si](C)(C)CCC1CC2C=CC1C2. The smallest absolute Gasteiger partial charge is 0.173 e. The van der Waals surface area contributed by atoms with Crippen molar-refractivity contribution >= 4 is 16.6 Å². The summed E-state index contributed by atoms with van der Waals surface area (Å²) in [5.74, 6) is 5.59. The Morgan fingerprint density at radius 2 is 1.12 bits per heavy atom. The second-order valence-corrected chi connectivity index (χ2v) is 19.6. The fourth-order valence-electron chi connectivity index (χ4n) is 6.37. The molecule has 4 bridgehead atoms. The van der Waals surface area contributed by atoms with Crippen LogP contribution in [0.4, 0.5) is 0 Å². The number of hydrogen-bond donors (Lipinski definition) is 0. The number of fused-ring (bicyclic) bond motifs is 4. The largest absolute Gasteiger partial charge is 0.455 e. The van der Waals surface area contributed by atoms with Gasteiger partial charge in [0.05, 0.1) is 0 Å². The summed E-state index contributed by atoms with van der Waals surface area (Å²) >= 11 is 0. The quantitative estimate of drug-likeness (QED) is 0.343. The highest BCUT2D eigenvalue weighted by Gasteiger charge is 2.40. The Bertz CT molecular complexity index is 502. The zero-order valence-corrected chi connectivity index (χ0v) is 18.8. The molecular weight excluding hydrogens is 336 g/mol. The molecule has 3 heteroatoms. The molecule has 0 aliphatic heterocycles. The zero-order valence-electron chi connectivity index (χ0n) is 16.8. The molecule has 140 valence electrons. The van der Waals surface area contributed by atoms with Gasteiger partial charge >= 0.3 is 0 Å². The van der Waals surface area contributed by atoms with E-state index in [4.69, 9.17) is 4.12 Å². The van der Waals surface area contributed by atoms with E-state index >= 15 is 0 Å². The van der Waals surface area contributed by atoms with Crippen molar-refractivity contribution in [3.05, 3.63) is 24.3 Å². The zero-order chi connectivity index (χ0) is 17.7. The monoisotopic (exact) mass is 374 g/mol. The van der Waals surface area contributed by atoms with Crippen LogP contribution in [0.25, 0.3) is 0 Å². The van der Waals surface area contributed by atoms with Gasteiger partial charge in [-0.15, -0.1) is 0 Å². The first-order valence-electron chi connectivity index (χ1n) is 10.9. The molecule has 2 saturated carbocycles. The van der Waals surface area contributed by atoms with E-state index in [1.54, 1.807) is 0 Å². The lowest BCUT2D eigenvalue weighted by Crippen LogP contribution is -2.44. The third kappa shape index (κ3) is 4.24. The molecule has 0 aromatic heterocycles. The molecule has 2 fully saturated rings. The average molecular weight is 375 g/mol. The summed E-state index contributed by atoms with van der Waals surface area (Å²) in [6.45, 7) is 9.96. The predicted octanol–water partition coefficient (Wildman–Crippen LogP) is 6.62. The van der Waals surface area contributed by atoms with Crippen molar-refractivity contribution in [2.45, 2.75) is 76.8 Å². The van der Waals surface area contributed by atoms with Crippen LogP contribution in [0.2, 0.25) is 38.3 Å². The van der Waals surface area contributed by atoms with Gasteiger partial charge in [-0.25, -0.2) is 0 Å². The van der Waals surface area contributed by atoms with Gasteiger partial charge in [-0.3, -0.25) is 0 Å². The third-order valence-electron chi connectivity index (χ3n) is 7.62.